The molecule has 1 atom stereocenters. The molecule has 5 heteroatoms. The molecule has 0 bridgehead atoms. The van der Waals surface area contributed by atoms with Crippen molar-refractivity contribution in [3.63, 3.8) is 0 Å². The van der Waals surface area contributed by atoms with Gasteiger partial charge >= 0.3 is 5.97 Å². The monoisotopic (exact) mass is 290 g/mol. The van der Waals surface area contributed by atoms with Gasteiger partial charge in [0.1, 0.15) is 5.71 Å². The van der Waals surface area contributed by atoms with Crippen molar-refractivity contribution in [2.75, 3.05) is 11.6 Å². The summed E-state index contributed by atoms with van der Waals surface area (Å²) in [5.74, 6) is -0.998. The number of hydrogen-bond acceptors (Lipinski definition) is 4. The van der Waals surface area contributed by atoms with Gasteiger partial charge in [-0.3, -0.25) is 5.01 Å². The molecule has 0 radical (unpaired) electrons. The largest absolute Gasteiger partial charge is 0.477 e. The molecule has 1 saturated heterocycles. The third-order valence-corrected chi connectivity index (χ3v) is 3.60. The Morgan fingerprint density at radius 3 is 2.62 bits per heavy atom. The third-order valence-electron chi connectivity index (χ3n) is 3.60. The van der Waals surface area contributed by atoms with Gasteiger partial charge in [0.15, 0.2) is 0 Å². The number of para-hydroxylation sites is 1. The number of hydrogen-bond donors (Lipinski definition) is 1. The molecule has 1 fully saturated rings. The quantitative estimate of drug-likeness (QED) is 0.684. The number of aliphatic carboxylic acids is 1. The van der Waals surface area contributed by atoms with Crippen molar-refractivity contribution < 1.29 is 14.6 Å². The van der Waals surface area contributed by atoms with E-state index in [0.29, 0.717) is 6.61 Å². The van der Waals surface area contributed by atoms with E-state index in [9.17, 15) is 4.79 Å². The zero-order chi connectivity index (χ0) is 15.5. The van der Waals surface area contributed by atoms with Crippen LogP contribution in [0.25, 0.3) is 0 Å². The van der Waals surface area contributed by atoms with Gasteiger partial charge in [-0.1, -0.05) is 18.2 Å². The van der Waals surface area contributed by atoms with E-state index in [-0.39, 0.29) is 17.4 Å². The van der Waals surface area contributed by atoms with Gasteiger partial charge in [-0.15, -0.1) is 0 Å². The number of anilines is 1. The Morgan fingerprint density at radius 1 is 1.38 bits per heavy atom. The Labute approximate surface area is 125 Å². The van der Waals surface area contributed by atoms with Crippen molar-refractivity contribution in [2.24, 2.45) is 5.10 Å². The van der Waals surface area contributed by atoms with E-state index >= 15 is 0 Å². The van der Waals surface area contributed by atoms with Crippen LogP contribution in [0.4, 0.5) is 5.69 Å². The molecule has 0 spiro atoms. The first-order chi connectivity index (χ1) is 9.89. The first-order valence-electron chi connectivity index (χ1n) is 7.16. The number of carboxylic acid groups (broad SMARTS) is 1. The lowest BCUT2D eigenvalue weighted by Crippen LogP contribution is -2.44. The summed E-state index contributed by atoms with van der Waals surface area (Å²) in [6, 6.07) is 9.81. The van der Waals surface area contributed by atoms with Crippen LogP contribution < -0.4 is 5.01 Å². The second-order valence-corrected chi connectivity index (χ2v) is 5.93. The fraction of sp³-hybridized carbons (Fsp3) is 0.500. The summed E-state index contributed by atoms with van der Waals surface area (Å²) >= 11 is 0. The summed E-state index contributed by atoms with van der Waals surface area (Å²) in [6.07, 6.45) is 1.63. The Balaban J connectivity index is 2.32. The summed E-state index contributed by atoms with van der Waals surface area (Å²) in [6.45, 7) is 6.28. The van der Waals surface area contributed by atoms with Gasteiger partial charge in [0.25, 0.3) is 0 Å². The van der Waals surface area contributed by atoms with Crippen molar-refractivity contribution in [2.45, 2.75) is 45.3 Å². The topological polar surface area (TPSA) is 62.1 Å². The van der Waals surface area contributed by atoms with E-state index in [2.05, 4.69) is 18.9 Å². The summed E-state index contributed by atoms with van der Waals surface area (Å²) in [7, 11) is 0. The third kappa shape index (κ3) is 4.04. The molecule has 1 aliphatic rings. The second kappa shape index (κ2) is 6.26. The number of rotatable bonds is 4. The fourth-order valence-electron chi connectivity index (χ4n) is 2.54. The van der Waals surface area contributed by atoms with Crippen LogP contribution in [-0.4, -0.2) is 35.0 Å². The molecule has 1 heterocycles. The Morgan fingerprint density at radius 2 is 2.05 bits per heavy atom. The first kappa shape index (κ1) is 15.5. The lowest BCUT2D eigenvalue weighted by atomic mass is 9.93. The highest BCUT2D eigenvalue weighted by atomic mass is 16.5. The molecule has 1 aromatic carbocycles. The van der Waals surface area contributed by atoms with Crippen molar-refractivity contribution in [1.82, 2.24) is 0 Å². The van der Waals surface area contributed by atoms with Gasteiger partial charge in [0.05, 0.1) is 17.3 Å². The van der Waals surface area contributed by atoms with Crippen LogP contribution in [0.2, 0.25) is 0 Å². The summed E-state index contributed by atoms with van der Waals surface area (Å²) in [5.41, 5.74) is 0.770. The zero-order valence-corrected chi connectivity index (χ0v) is 12.7. The molecule has 0 aromatic heterocycles. The van der Waals surface area contributed by atoms with Crippen LogP contribution in [0.1, 0.15) is 33.6 Å². The minimum atomic E-state index is -0.998. The Kier molecular flexibility index (Phi) is 4.63. The smallest absolute Gasteiger partial charge is 0.351 e. The van der Waals surface area contributed by atoms with Crippen LogP contribution in [0, 0.1) is 0 Å². The van der Waals surface area contributed by atoms with Gasteiger partial charge in [-0.05, 0) is 45.7 Å². The van der Waals surface area contributed by atoms with Gasteiger partial charge in [0, 0.05) is 6.61 Å². The number of benzene rings is 1. The van der Waals surface area contributed by atoms with Crippen molar-refractivity contribution in [3.8, 4) is 0 Å². The van der Waals surface area contributed by atoms with Gasteiger partial charge < -0.3 is 9.84 Å². The van der Waals surface area contributed by atoms with E-state index in [1.54, 1.807) is 0 Å². The van der Waals surface area contributed by atoms with Crippen LogP contribution in [0.3, 0.4) is 0 Å². The molecular weight excluding hydrogens is 268 g/mol. The highest BCUT2D eigenvalue weighted by molar-refractivity contribution is 6.34. The molecule has 1 aromatic rings. The average Bonchev–Trinajstić information content (AvgIpc) is 2.44. The molecule has 2 rings (SSSR count). The minimum Gasteiger partial charge on any atom is -0.477 e. The van der Waals surface area contributed by atoms with Crippen LogP contribution in [0.15, 0.2) is 35.4 Å². The number of carboxylic acids is 1. The predicted molar refractivity (Wildman–Crippen MR) is 82.7 cm³/mol. The lowest BCUT2D eigenvalue weighted by molar-refractivity contribution is -0.129. The number of ether oxygens (including phenoxy) is 1. The zero-order valence-electron chi connectivity index (χ0n) is 12.7. The summed E-state index contributed by atoms with van der Waals surface area (Å²) in [4.78, 5) is 11.1. The minimum absolute atomic E-state index is 0.0863. The molecule has 1 aliphatic heterocycles. The normalized spacial score (nSPS) is 21.9. The van der Waals surface area contributed by atoms with Gasteiger partial charge in [-0.2, -0.15) is 5.10 Å². The van der Waals surface area contributed by atoms with Crippen molar-refractivity contribution in [1.29, 1.82) is 0 Å². The van der Waals surface area contributed by atoms with Gasteiger partial charge in [0.2, 0.25) is 0 Å². The molecule has 5 nitrogen and oxygen atoms in total. The molecule has 1 unspecified atom stereocenters. The molecule has 0 aliphatic carbocycles. The number of carbonyl (C=O) groups is 1. The molecule has 1 N–H and O–H groups in total. The second-order valence-electron chi connectivity index (χ2n) is 5.93. The summed E-state index contributed by atoms with van der Waals surface area (Å²) in [5, 5.41) is 15.3. The van der Waals surface area contributed by atoms with E-state index in [4.69, 9.17) is 9.84 Å². The van der Waals surface area contributed by atoms with Gasteiger partial charge in [-0.25, -0.2) is 4.79 Å². The maximum Gasteiger partial charge on any atom is 0.351 e. The molecule has 21 heavy (non-hydrogen) atoms. The predicted octanol–water partition coefficient (Wildman–Crippen LogP) is 2.91. The fourth-order valence-corrected chi connectivity index (χ4v) is 2.54. The summed E-state index contributed by atoms with van der Waals surface area (Å²) < 4.78 is 5.74. The average molecular weight is 290 g/mol. The van der Waals surface area contributed by atoms with E-state index in [1.807, 2.05) is 35.3 Å². The van der Waals surface area contributed by atoms with Crippen molar-refractivity contribution >= 4 is 17.4 Å². The first-order valence-corrected chi connectivity index (χ1v) is 7.16. The standard InChI is InChI=1S/C16H22N2O3/c1-12(15(19)20)17-18(13-7-5-4-6-8-13)14-9-10-21-16(2,3)11-14/h4-8,14H,9-11H2,1-3H3,(H,19,20)/b17-12+. The van der Waals surface area contributed by atoms with Crippen LogP contribution in [0.5, 0.6) is 0 Å². The van der Waals surface area contributed by atoms with E-state index in [1.165, 1.54) is 6.92 Å². The van der Waals surface area contributed by atoms with E-state index in [0.717, 1.165) is 18.5 Å². The molecule has 0 amide bonds. The molecule has 0 saturated carbocycles. The molecule has 114 valence electrons. The van der Waals surface area contributed by atoms with Crippen LogP contribution >= 0.6 is 0 Å². The highest BCUT2D eigenvalue weighted by Crippen LogP contribution is 2.30. The SMILES string of the molecule is C/C(=N\N(c1ccccc1)C1CCOC(C)(C)C1)C(=O)O. The maximum absolute atomic E-state index is 11.1. The Hall–Kier alpha value is -1.88. The molecular formula is C16H22N2O3. The Bertz CT molecular complexity index is 526. The van der Waals surface area contributed by atoms with Crippen LogP contribution in [-0.2, 0) is 9.53 Å². The lowest BCUT2D eigenvalue weighted by Gasteiger charge is -2.40. The number of hydrazone groups is 1. The highest BCUT2D eigenvalue weighted by Gasteiger charge is 2.33. The maximum atomic E-state index is 11.1. The van der Waals surface area contributed by atoms with Crippen molar-refractivity contribution in [3.05, 3.63) is 30.3 Å². The van der Waals surface area contributed by atoms with E-state index < -0.39 is 5.97 Å². The number of nitrogens with zero attached hydrogens (tertiary/aromatic N) is 2.